The lowest BCUT2D eigenvalue weighted by Crippen LogP contribution is -2.14. The van der Waals surface area contributed by atoms with Gasteiger partial charge in [-0.05, 0) is 24.1 Å². The number of aliphatic hydroxyl groups is 2. The summed E-state index contributed by atoms with van der Waals surface area (Å²) in [5.41, 5.74) is -0.301. The van der Waals surface area contributed by atoms with Gasteiger partial charge in [0.05, 0.1) is 0 Å². The number of hydrogen-bond acceptors (Lipinski definition) is 3. The maximum atomic E-state index is 13.1. The Labute approximate surface area is 96.6 Å². The van der Waals surface area contributed by atoms with Crippen molar-refractivity contribution in [3.8, 4) is 0 Å². The van der Waals surface area contributed by atoms with E-state index in [0.29, 0.717) is 6.07 Å². The molecule has 0 unspecified atom stereocenters. The Kier molecular flexibility index (Phi) is 5.06. The molecule has 0 fully saturated rings. The lowest BCUT2D eigenvalue weighted by atomic mass is 10.1. The van der Waals surface area contributed by atoms with Gasteiger partial charge in [-0.1, -0.05) is 0 Å². The zero-order valence-electron chi connectivity index (χ0n) is 8.59. The molecule has 0 aliphatic heterocycles. The van der Waals surface area contributed by atoms with Crippen molar-refractivity contribution in [2.75, 3.05) is 0 Å². The predicted molar refractivity (Wildman–Crippen MR) is 52.6 cm³/mol. The van der Waals surface area contributed by atoms with E-state index in [4.69, 9.17) is 10.2 Å². The summed E-state index contributed by atoms with van der Waals surface area (Å²) in [7, 11) is -1.34. The second-order valence-electron chi connectivity index (χ2n) is 3.26. The normalized spacial score (nSPS) is 11.9. The molecule has 1 rings (SSSR count). The Morgan fingerprint density at radius 3 is 2.35 bits per heavy atom. The average molecular weight is 270 g/mol. The van der Waals surface area contributed by atoms with Crippen molar-refractivity contribution in [2.24, 2.45) is 0 Å². The van der Waals surface area contributed by atoms with Crippen LogP contribution >= 0.6 is 0 Å². The lowest BCUT2D eigenvalue weighted by Gasteiger charge is -2.07. The Morgan fingerprint density at radius 1 is 1.12 bits per heavy atom. The Balaban J connectivity index is 2.66. The molecule has 0 radical (unpaired) electrons. The van der Waals surface area contributed by atoms with Crippen LogP contribution in [0, 0.1) is 23.3 Å². The third-order valence-electron chi connectivity index (χ3n) is 2.04. The Bertz CT molecular complexity index is 400. The van der Waals surface area contributed by atoms with Gasteiger partial charge >= 0.3 is 0 Å². The number of hydrogen-bond donors (Lipinski definition) is 2. The van der Waals surface area contributed by atoms with Crippen LogP contribution in [0.3, 0.4) is 0 Å². The standard InChI is InChI=1S/C9H10F4O3Si/c10-5-3-4(1-2-17-16-9(14)15)6(11)8(13)7(5)12/h3,9,14-15H,1-2,17H2. The first kappa shape index (κ1) is 14.1. The fourth-order valence-electron chi connectivity index (χ4n) is 1.26. The number of rotatable bonds is 5. The second kappa shape index (κ2) is 6.10. The number of halogens is 4. The molecule has 0 aliphatic rings. The fraction of sp³-hybridized carbons (Fsp3) is 0.333. The maximum Gasteiger partial charge on any atom is 0.256 e. The van der Waals surface area contributed by atoms with E-state index in [1.807, 2.05) is 0 Å². The monoisotopic (exact) mass is 270 g/mol. The second-order valence-corrected chi connectivity index (χ2v) is 4.71. The van der Waals surface area contributed by atoms with E-state index in [-0.39, 0.29) is 18.0 Å². The third-order valence-corrected chi connectivity index (χ3v) is 3.21. The van der Waals surface area contributed by atoms with Gasteiger partial charge in [0.2, 0.25) is 0 Å². The van der Waals surface area contributed by atoms with E-state index in [0.717, 1.165) is 0 Å². The zero-order chi connectivity index (χ0) is 13.0. The highest BCUT2D eigenvalue weighted by Crippen LogP contribution is 2.19. The molecule has 1 aromatic rings. The molecule has 0 atom stereocenters. The van der Waals surface area contributed by atoms with Gasteiger partial charge in [-0.15, -0.1) is 0 Å². The van der Waals surface area contributed by atoms with Crippen LogP contribution in [0.2, 0.25) is 6.04 Å². The largest absolute Gasteiger partial charge is 0.379 e. The summed E-state index contributed by atoms with van der Waals surface area (Å²) in [4.78, 5) is 0. The molecule has 3 nitrogen and oxygen atoms in total. The van der Waals surface area contributed by atoms with Crippen molar-refractivity contribution in [3.63, 3.8) is 0 Å². The number of aryl methyl sites for hydroxylation is 1. The Morgan fingerprint density at radius 2 is 1.76 bits per heavy atom. The van der Waals surface area contributed by atoms with Gasteiger partial charge in [0.15, 0.2) is 33.0 Å². The van der Waals surface area contributed by atoms with Gasteiger partial charge < -0.3 is 14.6 Å². The SMILES string of the molecule is OC(O)O[SiH2]CCc1cc(F)c(F)c(F)c1F. The number of benzene rings is 1. The summed E-state index contributed by atoms with van der Waals surface area (Å²) in [5, 5.41) is 16.7. The van der Waals surface area contributed by atoms with Crippen molar-refractivity contribution in [1.82, 2.24) is 0 Å². The van der Waals surface area contributed by atoms with Crippen LogP contribution < -0.4 is 0 Å². The molecule has 1 aromatic carbocycles. The summed E-state index contributed by atoms with van der Waals surface area (Å²) in [6.07, 6.45) is -0.0567. The zero-order valence-corrected chi connectivity index (χ0v) is 10.0. The first-order chi connectivity index (χ1) is 7.93. The molecular formula is C9H10F4O3Si. The first-order valence-corrected chi connectivity index (χ1v) is 6.30. The highest BCUT2D eigenvalue weighted by molar-refractivity contribution is 6.27. The quantitative estimate of drug-likeness (QED) is 0.205. The molecule has 0 aromatic heterocycles. The summed E-state index contributed by atoms with van der Waals surface area (Å²) in [5.74, 6) is -6.57. The topological polar surface area (TPSA) is 49.7 Å². The van der Waals surface area contributed by atoms with Gasteiger partial charge in [-0.2, -0.15) is 0 Å². The van der Waals surface area contributed by atoms with Crippen LogP contribution in [0.5, 0.6) is 0 Å². The minimum Gasteiger partial charge on any atom is -0.379 e. The van der Waals surface area contributed by atoms with E-state index >= 15 is 0 Å². The van der Waals surface area contributed by atoms with Crippen LogP contribution in [0.1, 0.15) is 5.56 Å². The highest BCUT2D eigenvalue weighted by atomic mass is 28.2. The molecule has 0 saturated heterocycles. The minimum atomic E-state index is -1.90. The molecule has 0 spiro atoms. The maximum absolute atomic E-state index is 13.1. The molecule has 2 N–H and O–H groups in total. The van der Waals surface area contributed by atoms with Gasteiger partial charge in [-0.25, -0.2) is 17.6 Å². The van der Waals surface area contributed by atoms with Crippen LogP contribution in [-0.4, -0.2) is 26.5 Å². The van der Waals surface area contributed by atoms with Crippen molar-refractivity contribution in [3.05, 3.63) is 34.9 Å². The van der Waals surface area contributed by atoms with Crippen LogP contribution in [0.25, 0.3) is 0 Å². The Hall–Kier alpha value is -0.963. The lowest BCUT2D eigenvalue weighted by molar-refractivity contribution is -0.180. The van der Waals surface area contributed by atoms with Gasteiger partial charge in [-0.3, -0.25) is 0 Å². The third kappa shape index (κ3) is 3.77. The van der Waals surface area contributed by atoms with Crippen LogP contribution in [0.15, 0.2) is 6.07 Å². The molecule has 0 saturated carbocycles. The number of aliphatic hydroxyl groups excluding tert-OH is 1. The van der Waals surface area contributed by atoms with Gasteiger partial charge in [0.1, 0.15) is 0 Å². The van der Waals surface area contributed by atoms with Crippen LogP contribution in [-0.2, 0) is 10.8 Å². The summed E-state index contributed by atoms with van der Waals surface area (Å²) in [6, 6.07) is 0.816. The molecule has 0 bridgehead atoms. The molecule has 0 aliphatic carbocycles. The van der Waals surface area contributed by atoms with E-state index in [1.54, 1.807) is 0 Å². The predicted octanol–water partition coefficient (Wildman–Crippen LogP) is 0.572. The molecule has 17 heavy (non-hydrogen) atoms. The van der Waals surface area contributed by atoms with Crippen molar-refractivity contribution >= 4 is 9.76 Å². The minimum absolute atomic E-state index is 0.0567. The molecule has 0 amide bonds. The summed E-state index contributed by atoms with van der Waals surface area (Å²) in [6.45, 7) is -1.90. The van der Waals surface area contributed by atoms with Gasteiger partial charge in [0, 0.05) is 0 Å². The van der Waals surface area contributed by atoms with Crippen molar-refractivity contribution in [1.29, 1.82) is 0 Å². The summed E-state index contributed by atoms with van der Waals surface area (Å²) < 4.78 is 55.7. The highest BCUT2D eigenvalue weighted by Gasteiger charge is 2.18. The summed E-state index contributed by atoms with van der Waals surface area (Å²) >= 11 is 0. The smallest absolute Gasteiger partial charge is 0.256 e. The van der Waals surface area contributed by atoms with E-state index in [1.165, 1.54) is 0 Å². The molecule has 8 heteroatoms. The first-order valence-electron chi connectivity index (χ1n) is 4.73. The fourth-order valence-corrected chi connectivity index (χ4v) is 2.16. The van der Waals surface area contributed by atoms with Gasteiger partial charge in [0.25, 0.3) is 6.48 Å². The van der Waals surface area contributed by atoms with Crippen molar-refractivity contribution < 1.29 is 32.2 Å². The molecule has 0 heterocycles. The van der Waals surface area contributed by atoms with E-state index in [9.17, 15) is 17.6 Å². The van der Waals surface area contributed by atoms with Crippen LogP contribution in [0.4, 0.5) is 17.6 Å². The van der Waals surface area contributed by atoms with E-state index in [2.05, 4.69) is 4.43 Å². The molecular weight excluding hydrogens is 260 g/mol. The molecule has 96 valence electrons. The average Bonchev–Trinajstić information content (AvgIpc) is 2.27. The van der Waals surface area contributed by atoms with E-state index < -0.39 is 39.5 Å². The van der Waals surface area contributed by atoms with Crippen molar-refractivity contribution in [2.45, 2.75) is 18.9 Å².